The molecule has 0 amide bonds. The van der Waals surface area contributed by atoms with Crippen molar-refractivity contribution in [2.75, 3.05) is 33.3 Å². The first-order chi connectivity index (χ1) is 10.2. The average molecular weight is 289 g/mol. The lowest BCUT2D eigenvalue weighted by Crippen LogP contribution is -2.44. The molecule has 21 heavy (non-hydrogen) atoms. The quantitative estimate of drug-likeness (QED) is 0.931. The maximum Gasteiger partial charge on any atom is 0.132 e. The van der Waals surface area contributed by atoms with Gasteiger partial charge in [-0.1, -0.05) is 6.07 Å². The third kappa shape index (κ3) is 3.37. The van der Waals surface area contributed by atoms with Crippen LogP contribution in [0.5, 0.6) is 0 Å². The molecule has 0 saturated carbocycles. The Morgan fingerprint density at radius 3 is 3.14 bits per heavy atom. The second kappa shape index (κ2) is 6.47. The Labute approximate surface area is 123 Å². The third-order valence-electron chi connectivity index (χ3n) is 3.76. The Morgan fingerprint density at radius 2 is 2.33 bits per heavy atom. The van der Waals surface area contributed by atoms with Crippen molar-refractivity contribution < 1.29 is 9.13 Å². The van der Waals surface area contributed by atoms with E-state index in [4.69, 9.17) is 4.74 Å². The first kappa shape index (κ1) is 14.4. The summed E-state index contributed by atoms with van der Waals surface area (Å²) in [7, 11) is 2.05. The van der Waals surface area contributed by atoms with Gasteiger partial charge in [-0.2, -0.15) is 0 Å². The zero-order valence-electron chi connectivity index (χ0n) is 12.2. The molecule has 2 aromatic rings. The predicted molar refractivity (Wildman–Crippen MR) is 80.6 cm³/mol. The van der Waals surface area contributed by atoms with Crippen molar-refractivity contribution in [2.45, 2.75) is 12.6 Å². The van der Waals surface area contributed by atoms with E-state index in [2.05, 4.69) is 22.2 Å². The second-order valence-electron chi connectivity index (χ2n) is 5.50. The van der Waals surface area contributed by atoms with Crippen LogP contribution in [0.1, 0.15) is 5.56 Å². The molecule has 112 valence electrons. The topological polar surface area (TPSA) is 37.4 Å². The summed E-state index contributed by atoms with van der Waals surface area (Å²) in [5, 5.41) is 3.91. The Hall–Kier alpha value is -1.56. The highest BCUT2D eigenvalue weighted by atomic mass is 19.1. The van der Waals surface area contributed by atoms with Gasteiger partial charge in [-0.25, -0.2) is 4.39 Å². The van der Waals surface area contributed by atoms with E-state index >= 15 is 0 Å². The molecule has 1 saturated heterocycles. The molecule has 1 aromatic heterocycles. The van der Waals surface area contributed by atoms with E-state index in [1.54, 1.807) is 18.3 Å². The molecule has 3 rings (SSSR count). The molecule has 1 atom stereocenters. The monoisotopic (exact) mass is 289 g/mol. The number of ether oxygens (including phenoxy) is 1. The van der Waals surface area contributed by atoms with E-state index in [1.165, 1.54) is 6.07 Å². The minimum atomic E-state index is -0.218. The summed E-state index contributed by atoms with van der Waals surface area (Å²) in [6.07, 6.45) is 1.92. The van der Waals surface area contributed by atoms with Crippen molar-refractivity contribution >= 4 is 10.9 Å². The maximum atomic E-state index is 13.8. The molecule has 1 aliphatic heterocycles. The fourth-order valence-corrected chi connectivity index (χ4v) is 2.76. The zero-order valence-corrected chi connectivity index (χ0v) is 12.2. The van der Waals surface area contributed by atoms with Crippen LogP contribution in [0.4, 0.5) is 4.39 Å². The van der Waals surface area contributed by atoms with Gasteiger partial charge in [0.05, 0.1) is 18.2 Å². The van der Waals surface area contributed by atoms with Crippen LogP contribution in [-0.4, -0.2) is 49.3 Å². The summed E-state index contributed by atoms with van der Waals surface area (Å²) in [5.41, 5.74) is 1.78. The number of halogens is 1. The third-order valence-corrected chi connectivity index (χ3v) is 3.76. The minimum Gasteiger partial charge on any atom is -0.374 e. The lowest BCUT2D eigenvalue weighted by molar-refractivity contribution is 0.00889. The highest BCUT2D eigenvalue weighted by Gasteiger charge is 2.16. The lowest BCUT2D eigenvalue weighted by Gasteiger charge is -2.28. The first-order valence-corrected chi connectivity index (χ1v) is 7.27. The highest BCUT2D eigenvalue weighted by molar-refractivity contribution is 5.82. The normalized spacial score (nSPS) is 19.3. The Balaban J connectivity index is 1.73. The van der Waals surface area contributed by atoms with Crippen molar-refractivity contribution in [3.63, 3.8) is 0 Å². The van der Waals surface area contributed by atoms with Crippen molar-refractivity contribution in [3.05, 3.63) is 41.8 Å². The number of rotatable bonds is 4. The lowest BCUT2D eigenvalue weighted by atomic mass is 10.1. The second-order valence-corrected chi connectivity index (χ2v) is 5.50. The molecule has 1 unspecified atom stereocenters. The first-order valence-electron chi connectivity index (χ1n) is 7.27. The summed E-state index contributed by atoms with van der Waals surface area (Å²) >= 11 is 0. The number of likely N-dealkylation sites (N-methyl/N-ethyl adjacent to an activating group) is 1. The van der Waals surface area contributed by atoms with Crippen LogP contribution in [0.3, 0.4) is 0 Å². The summed E-state index contributed by atoms with van der Waals surface area (Å²) in [6.45, 7) is 4.14. The van der Waals surface area contributed by atoms with Crippen LogP contribution >= 0.6 is 0 Å². The van der Waals surface area contributed by atoms with Crippen LogP contribution in [-0.2, 0) is 11.3 Å². The minimum absolute atomic E-state index is 0.212. The van der Waals surface area contributed by atoms with E-state index in [-0.39, 0.29) is 11.9 Å². The van der Waals surface area contributed by atoms with Crippen molar-refractivity contribution in [3.8, 4) is 0 Å². The largest absolute Gasteiger partial charge is 0.374 e. The summed E-state index contributed by atoms with van der Waals surface area (Å²) in [5.74, 6) is -0.218. The molecule has 5 heteroatoms. The standard InChI is InChI=1S/C16H20FN3O/c1-20(11-13-9-18-7-8-21-13)10-12-4-5-15(17)14-3-2-6-19-16(12)14/h2-6,13,18H,7-11H2,1H3. The van der Waals surface area contributed by atoms with Crippen LogP contribution in [0, 0.1) is 5.82 Å². The molecular weight excluding hydrogens is 269 g/mol. The van der Waals surface area contributed by atoms with Crippen molar-refractivity contribution in [2.24, 2.45) is 0 Å². The molecule has 4 nitrogen and oxygen atoms in total. The molecule has 1 N–H and O–H groups in total. The average Bonchev–Trinajstić information content (AvgIpc) is 2.51. The van der Waals surface area contributed by atoms with E-state index < -0.39 is 0 Å². The number of benzene rings is 1. The summed E-state index contributed by atoms with van der Waals surface area (Å²) < 4.78 is 19.5. The number of hydrogen-bond donors (Lipinski definition) is 1. The zero-order chi connectivity index (χ0) is 14.7. The van der Waals surface area contributed by atoms with E-state index in [9.17, 15) is 4.39 Å². The molecule has 0 aliphatic carbocycles. The van der Waals surface area contributed by atoms with Gasteiger partial charge in [0.1, 0.15) is 5.82 Å². The summed E-state index contributed by atoms with van der Waals surface area (Å²) in [4.78, 5) is 6.53. The molecule has 1 aliphatic rings. The Morgan fingerprint density at radius 1 is 1.43 bits per heavy atom. The van der Waals surface area contributed by atoms with Crippen LogP contribution in [0.2, 0.25) is 0 Å². The van der Waals surface area contributed by atoms with Gasteiger partial charge in [0.2, 0.25) is 0 Å². The molecule has 0 bridgehead atoms. The number of nitrogens with one attached hydrogen (secondary N) is 1. The molecular formula is C16H20FN3O. The molecule has 2 heterocycles. The maximum absolute atomic E-state index is 13.8. The van der Waals surface area contributed by atoms with Gasteiger partial charge >= 0.3 is 0 Å². The van der Waals surface area contributed by atoms with Gasteiger partial charge in [-0.15, -0.1) is 0 Å². The molecule has 0 radical (unpaired) electrons. The van der Waals surface area contributed by atoms with E-state index in [0.29, 0.717) is 5.39 Å². The van der Waals surface area contributed by atoms with Crippen LogP contribution in [0.15, 0.2) is 30.5 Å². The number of fused-ring (bicyclic) bond motifs is 1. The fraction of sp³-hybridized carbons (Fsp3) is 0.438. The smallest absolute Gasteiger partial charge is 0.132 e. The van der Waals surface area contributed by atoms with Gasteiger partial charge < -0.3 is 10.1 Å². The van der Waals surface area contributed by atoms with Gasteiger partial charge in [-0.05, 0) is 30.8 Å². The predicted octanol–water partition coefficient (Wildman–Crippen LogP) is 1.79. The molecule has 1 fully saturated rings. The number of morpholine rings is 1. The van der Waals surface area contributed by atoms with Gasteiger partial charge in [-0.3, -0.25) is 9.88 Å². The van der Waals surface area contributed by atoms with Gasteiger partial charge in [0, 0.05) is 37.8 Å². The fourth-order valence-electron chi connectivity index (χ4n) is 2.76. The number of nitrogens with zero attached hydrogens (tertiary/aromatic N) is 2. The number of hydrogen-bond acceptors (Lipinski definition) is 4. The van der Waals surface area contributed by atoms with Crippen LogP contribution in [0.25, 0.3) is 10.9 Å². The Bertz CT molecular complexity index is 613. The summed E-state index contributed by atoms with van der Waals surface area (Å²) in [6, 6.07) is 6.88. The Kier molecular flexibility index (Phi) is 4.43. The highest BCUT2D eigenvalue weighted by Crippen LogP contribution is 2.20. The number of pyridine rings is 1. The van der Waals surface area contributed by atoms with Gasteiger partial charge in [0.15, 0.2) is 0 Å². The SMILES string of the molecule is CN(Cc1ccc(F)c2cccnc12)CC1CNCCO1. The van der Waals surface area contributed by atoms with Crippen molar-refractivity contribution in [1.82, 2.24) is 15.2 Å². The molecule has 0 spiro atoms. The van der Waals surface area contributed by atoms with E-state index in [0.717, 1.165) is 43.9 Å². The number of aromatic nitrogens is 1. The molecule has 1 aromatic carbocycles. The van der Waals surface area contributed by atoms with Crippen molar-refractivity contribution in [1.29, 1.82) is 0 Å². The van der Waals surface area contributed by atoms with Gasteiger partial charge in [0.25, 0.3) is 0 Å². The van der Waals surface area contributed by atoms with E-state index in [1.807, 2.05) is 6.07 Å². The van der Waals surface area contributed by atoms with Crippen LogP contribution < -0.4 is 5.32 Å².